The molecule has 9 aliphatic carbocycles. The van der Waals surface area contributed by atoms with Crippen LogP contribution in [0.3, 0.4) is 0 Å². The summed E-state index contributed by atoms with van der Waals surface area (Å²) in [6.07, 6.45) is 40.4. The third kappa shape index (κ3) is 30.9. The van der Waals surface area contributed by atoms with Crippen LogP contribution in [0.25, 0.3) is 0 Å². The number of carbonyl (C=O) groups is 17. The molecule has 15 fully saturated rings. The molecule has 0 aromatic heterocycles. The Hall–Kier alpha value is -9.48. The SMILES string of the molecule is C=CCNC(=O)C(=O)[C@@H]1CCCCCCCOC[C@H](N)C(=O)N2C[C@H]3[C@@H]([C@H]2C(=O)N1)C3(C)C.C=CCNC(=O)C(=O)[C@@H]1CCCCCCCOC[C@H](NC(=O)N[C@H](C(=O)C2CC2)C2CCCCC2)C(=O)N2C[C@H]3[C@@H]([C@H]2C(=O)N1)C3(C)C.C=CCNC(=O)C(=O)[C@@H]1CCCCCCCOC[C@H](NC(=O)N[C@H](C(=O)C2CC2)C2CCCCC2)C(=O)N2C[C@H]3[C@@H]([C@H]2C(=O)N1)C3(C)C.Cl.O=C=N[C@H](C(=O)C1CC1)C1CCCCC1. The normalized spacial score (nSPS) is 30.2. The first-order valence-corrected chi connectivity index (χ1v) is 54.5. The molecule has 13 amide bonds. The molecule has 6 heterocycles. The van der Waals surface area contributed by atoms with Gasteiger partial charge in [0.05, 0.1) is 50.0 Å². The molecule has 15 aliphatic rings. The van der Waals surface area contributed by atoms with Gasteiger partial charge in [-0.1, -0.05) is 195 Å². The van der Waals surface area contributed by atoms with Gasteiger partial charge in [-0.25, -0.2) is 14.4 Å². The molecule has 806 valence electrons. The molecular weight excluding hydrogens is 1880 g/mol. The monoisotopic (exact) mass is 2040 g/mol. The van der Waals surface area contributed by atoms with Gasteiger partial charge in [0.25, 0.3) is 17.7 Å². The van der Waals surface area contributed by atoms with Crippen LogP contribution in [0.1, 0.15) is 292 Å². The van der Waals surface area contributed by atoms with Crippen LogP contribution in [0, 0.1) is 87.3 Å². The summed E-state index contributed by atoms with van der Waals surface area (Å²) < 4.78 is 17.5. The Kier molecular flexibility index (Phi) is 43.6. The largest absolute Gasteiger partial charge is 0.379 e. The maximum absolute atomic E-state index is 14.3. The van der Waals surface area contributed by atoms with Crippen LogP contribution < -0.4 is 58.9 Å². The van der Waals surface area contributed by atoms with E-state index in [2.05, 4.69) is 119 Å². The summed E-state index contributed by atoms with van der Waals surface area (Å²) in [5, 5.41) is 27.6. The van der Waals surface area contributed by atoms with E-state index in [-0.39, 0.29) is 163 Å². The predicted octanol–water partition coefficient (Wildman–Crippen LogP) is 8.78. The molecule has 6 aliphatic heterocycles. The van der Waals surface area contributed by atoms with Crippen molar-refractivity contribution in [2.75, 3.05) is 78.9 Å². The lowest BCUT2D eigenvalue weighted by Gasteiger charge is -2.34. The van der Waals surface area contributed by atoms with E-state index in [0.717, 1.165) is 193 Å². The molecule has 36 nitrogen and oxygen atoms in total. The van der Waals surface area contributed by atoms with Crippen molar-refractivity contribution in [2.45, 2.75) is 364 Å². The van der Waals surface area contributed by atoms with E-state index in [1.54, 1.807) is 11.0 Å². The number of aliphatic imine (C=N–C) groups is 1. The fraction of sp³-hybridized carbons (Fsp3) is 0.778. The number of carbonyl (C=O) groups excluding carboxylic acids is 18. The maximum Gasteiger partial charge on any atom is 0.316 e. The highest BCUT2D eigenvalue weighted by atomic mass is 35.5. The van der Waals surface area contributed by atoms with Gasteiger partial charge in [0.1, 0.15) is 42.3 Å². The number of halogens is 1. The van der Waals surface area contributed by atoms with Crippen molar-refractivity contribution in [2.24, 2.45) is 98.0 Å². The van der Waals surface area contributed by atoms with Crippen molar-refractivity contribution in [1.29, 1.82) is 0 Å². The zero-order valence-corrected chi connectivity index (χ0v) is 87.4. The Bertz CT molecular complexity index is 4440. The number of fused-ring (bicyclic) bond motifs is 9. The van der Waals surface area contributed by atoms with E-state index in [0.29, 0.717) is 83.9 Å². The minimum Gasteiger partial charge on any atom is -0.379 e. The van der Waals surface area contributed by atoms with Crippen LogP contribution in [0.15, 0.2) is 43.0 Å². The molecule has 0 bridgehead atoms. The maximum atomic E-state index is 14.3. The summed E-state index contributed by atoms with van der Waals surface area (Å²) in [5.41, 5.74) is 5.67. The van der Waals surface area contributed by atoms with Gasteiger partial charge in [-0.15, -0.1) is 32.1 Å². The fourth-order valence-electron chi connectivity index (χ4n) is 24.4. The molecule has 0 radical (unpaired) electrons. The summed E-state index contributed by atoms with van der Waals surface area (Å²) >= 11 is 0. The van der Waals surface area contributed by atoms with Gasteiger partial charge in [0.2, 0.25) is 58.9 Å². The molecule has 12 N–H and O–H groups in total. The topological polar surface area (TPSA) is 503 Å². The average molecular weight is 2050 g/mol. The summed E-state index contributed by atoms with van der Waals surface area (Å²) in [5.74, 6) is -5.79. The number of ketones is 6. The second kappa shape index (κ2) is 54.6. The second-order valence-electron chi connectivity index (χ2n) is 45.1. The predicted molar refractivity (Wildman–Crippen MR) is 543 cm³/mol. The number of nitrogens with one attached hydrogen (secondary N) is 10. The van der Waals surface area contributed by atoms with Gasteiger partial charge in [-0.2, -0.15) is 4.99 Å². The average Bonchev–Trinajstić information content (AvgIpc) is 1.53. The third-order valence-corrected chi connectivity index (χ3v) is 33.8. The number of piperidine rings is 3. The van der Waals surface area contributed by atoms with Crippen LogP contribution in [0.2, 0.25) is 0 Å². The molecule has 15 rings (SSSR count). The van der Waals surface area contributed by atoms with Gasteiger partial charge in [-0.3, -0.25) is 71.9 Å². The van der Waals surface area contributed by atoms with Gasteiger partial charge < -0.3 is 87.8 Å². The van der Waals surface area contributed by atoms with Crippen molar-refractivity contribution in [3.8, 4) is 0 Å². The van der Waals surface area contributed by atoms with Crippen molar-refractivity contribution in [1.82, 2.24) is 67.9 Å². The zero-order valence-electron chi connectivity index (χ0n) is 86.6. The quantitative estimate of drug-likeness (QED) is 0.0167. The zero-order chi connectivity index (χ0) is 104. The number of Topliss-reactive ketones (excluding diaryl/α,β-unsaturated/α-hetero) is 6. The summed E-state index contributed by atoms with van der Waals surface area (Å²) in [7, 11) is 0. The smallest absolute Gasteiger partial charge is 0.316 e. The number of urea groups is 2. The minimum absolute atomic E-state index is 0. The standard InChI is InChI=1S/2C36H55N5O7.C24H38N4O5.C12H17NO2.ClH/c2*1-4-18-37-33(45)31(43)25-15-11-6-5-7-12-19-48-21-26(34(46)41-20-24-27(36(24,2)3)29(41)32(44)38-25)39-35(47)40-28(30(42)23-16-17-23)22-13-9-8-10-14-22;1-4-11-26-22(31)20(29)17-10-8-6-5-7-9-12-33-14-16(25)23(32)28-13-15-18(24(15,2)3)19(28)21(30)27-17;14-8-13-11(12(15)10-6-7-10)9-4-2-1-3-5-9;/h2*4,22-29H,1,5-21H2,2-3H3,(H,37,45)(H,38,44)(H2,39,40,47);4,15-19H,1,5-14,25H2,2-3H3,(H,26,31)(H,27,30);9-11H,1-7H2;1H/t2*24-,25-,26-,27-,28-,29-;15-,16-,17-,18-,19-;11-;/m0000./s1. The molecule has 6 saturated heterocycles. The molecule has 9 saturated carbocycles. The van der Waals surface area contributed by atoms with E-state index in [1.165, 1.54) is 47.3 Å². The van der Waals surface area contributed by atoms with Gasteiger partial charge in [0.15, 0.2) is 17.3 Å². The van der Waals surface area contributed by atoms with Crippen molar-refractivity contribution >= 4 is 118 Å². The van der Waals surface area contributed by atoms with Crippen molar-refractivity contribution in [3.63, 3.8) is 0 Å². The number of rotatable bonds is 26. The van der Waals surface area contributed by atoms with Crippen molar-refractivity contribution < 1.29 is 101 Å². The fourth-order valence-corrected chi connectivity index (χ4v) is 24.4. The number of nitrogens with zero attached hydrogens (tertiary/aromatic N) is 4. The van der Waals surface area contributed by atoms with Crippen molar-refractivity contribution in [3.05, 3.63) is 38.0 Å². The highest BCUT2D eigenvalue weighted by molar-refractivity contribution is 6.39. The number of hydrogen-bond donors (Lipinski definition) is 11. The van der Waals surface area contributed by atoms with E-state index >= 15 is 0 Å². The van der Waals surface area contributed by atoms with Gasteiger partial charge in [-0.05, 0) is 185 Å². The molecule has 0 aromatic carbocycles. The lowest BCUT2D eigenvalue weighted by Crippen LogP contribution is -2.60. The first-order valence-electron chi connectivity index (χ1n) is 54.5. The highest BCUT2D eigenvalue weighted by Gasteiger charge is 2.72. The molecule has 37 heteroatoms. The van der Waals surface area contributed by atoms with Crippen LogP contribution in [-0.2, 0) is 90.9 Å². The number of ether oxygens (including phenoxy) is 3. The lowest BCUT2D eigenvalue weighted by molar-refractivity contribution is -0.144. The van der Waals surface area contributed by atoms with E-state index in [9.17, 15) is 86.3 Å². The Morgan fingerprint density at radius 1 is 0.393 bits per heavy atom. The third-order valence-electron chi connectivity index (χ3n) is 33.8. The van der Waals surface area contributed by atoms with Gasteiger partial charge >= 0.3 is 12.1 Å². The molecule has 145 heavy (non-hydrogen) atoms. The van der Waals surface area contributed by atoms with Crippen LogP contribution >= 0.6 is 12.4 Å². The van der Waals surface area contributed by atoms with E-state index < -0.39 is 143 Å². The minimum atomic E-state index is -1.07. The van der Waals surface area contributed by atoms with Gasteiger partial charge in [0, 0.05) is 76.8 Å². The van der Waals surface area contributed by atoms with Crippen LogP contribution in [-0.4, -0.2) is 272 Å². The Balaban J connectivity index is 0.000000195. The number of isocyanates is 1. The molecule has 18 atom stereocenters. The molecule has 0 unspecified atom stereocenters. The van der Waals surface area contributed by atoms with Crippen LogP contribution in [0.5, 0.6) is 0 Å². The first kappa shape index (κ1) is 116. The lowest BCUT2D eigenvalue weighted by atomic mass is 9.81. The molecule has 0 aromatic rings. The van der Waals surface area contributed by atoms with Crippen LogP contribution in [0.4, 0.5) is 9.59 Å². The summed E-state index contributed by atoms with van der Waals surface area (Å²) in [4.78, 5) is 244. The molecular formula is C108H166ClN15O21. The second-order valence-corrected chi connectivity index (χ2v) is 45.1. The molecule has 0 spiro atoms. The highest BCUT2D eigenvalue weighted by Crippen LogP contribution is 2.67. The first-order chi connectivity index (χ1) is 69.1. The summed E-state index contributed by atoms with van der Waals surface area (Å²) in [6, 6.07) is -11.1. The Morgan fingerprint density at radius 2 is 0.669 bits per heavy atom. The summed E-state index contributed by atoms with van der Waals surface area (Å²) in [6.45, 7) is 26.0. The number of hydrogen-bond acceptors (Lipinski definition) is 23. The Labute approximate surface area is 861 Å². The number of amides is 13. The number of nitrogens with two attached hydrogens (primary N) is 1. The van der Waals surface area contributed by atoms with E-state index in [1.807, 2.05) is 0 Å². The van der Waals surface area contributed by atoms with E-state index in [4.69, 9.17) is 19.9 Å². The Morgan fingerprint density at radius 3 is 0.979 bits per heavy atom.